The first-order chi connectivity index (χ1) is 10.3. The van der Waals surface area contributed by atoms with E-state index in [4.69, 9.17) is 0 Å². The molecule has 0 fully saturated rings. The van der Waals surface area contributed by atoms with Crippen LogP contribution in [-0.2, 0) is 14.4 Å². The van der Waals surface area contributed by atoms with Crippen molar-refractivity contribution in [3.05, 3.63) is 0 Å². The molecular weight excluding hydrogens is 278 g/mol. The highest BCUT2D eigenvalue weighted by Crippen LogP contribution is 2.19. The van der Waals surface area contributed by atoms with E-state index in [2.05, 4.69) is 12.2 Å². The summed E-state index contributed by atoms with van der Waals surface area (Å²) in [6, 6.07) is 0. The second-order valence-corrected chi connectivity index (χ2v) is 6.87. The molecule has 0 unspecified atom stereocenters. The largest absolute Gasteiger partial charge is 0.349 e. The fraction of sp³-hybridized carbons (Fsp3) is 0.833. The summed E-state index contributed by atoms with van der Waals surface area (Å²) >= 11 is 0. The van der Waals surface area contributed by atoms with Gasteiger partial charge in [0.15, 0.2) is 5.78 Å². The van der Waals surface area contributed by atoms with Crippen molar-refractivity contribution in [2.75, 3.05) is 6.54 Å². The van der Waals surface area contributed by atoms with Gasteiger partial charge in [0, 0.05) is 24.7 Å². The standard InChI is InChI=1S/C18H33NO3/c1-6-7-8-9-15(18(22)14(4)5)11-16(20)12-19-17(21)10-13(2)3/h13-15H,6-12H2,1-5H3,(H,19,21)/t15-/m1/s1. The zero-order chi connectivity index (χ0) is 17.1. The van der Waals surface area contributed by atoms with Gasteiger partial charge in [0.25, 0.3) is 0 Å². The Bertz CT molecular complexity index is 361. The lowest BCUT2D eigenvalue weighted by Gasteiger charge is -2.17. The Labute approximate surface area is 135 Å². The molecule has 0 saturated carbocycles. The lowest BCUT2D eigenvalue weighted by atomic mass is 9.86. The molecule has 4 nitrogen and oxygen atoms in total. The molecule has 0 aromatic carbocycles. The van der Waals surface area contributed by atoms with Gasteiger partial charge in [0.1, 0.15) is 5.78 Å². The molecule has 1 N–H and O–H groups in total. The van der Waals surface area contributed by atoms with E-state index < -0.39 is 0 Å². The molecule has 0 aliphatic carbocycles. The maximum Gasteiger partial charge on any atom is 0.220 e. The smallest absolute Gasteiger partial charge is 0.220 e. The van der Waals surface area contributed by atoms with Crippen LogP contribution in [0.15, 0.2) is 0 Å². The van der Waals surface area contributed by atoms with Gasteiger partial charge in [-0.05, 0) is 12.3 Å². The van der Waals surface area contributed by atoms with Crippen LogP contribution in [0.25, 0.3) is 0 Å². The van der Waals surface area contributed by atoms with Crippen molar-refractivity contribution in [2.45, 2.75) is 73.1 Å². The fourth-order valence-corrected chi connectivity index (χ4v) is 2.44. The number of hydrogen-bond acceptors (Lipinski definition) is 3. The molecule has 128 valence electrons. The van der Waals surface area contributed by atoms with Crippen LogP contribution in [0.3, 0.4) is 0 Å². The summed E-state index contributed by atoms with van der Waals surface area (Å²) in [5.74, 6) is 0.0575. The normalized spacial score (nSPS) is 12.5. The molecule has 1 amide bonds. The quantitative estimate of drug-likeness (QED) is 0.561. The number of rotatable bonds is 12. The molecule has 0 spiro atoms. The summed E-state index contributed by atoms with van der Waals surface area (Å²) < 4.78 is 0. The maximum atomic E-state index is 12.2. The summed E-state index contributed by atoms with van der Waals surface area (Å²) in [7, 11) is 0. The van der Waals surface area contributed by atoms with Crippen molar-refractivity contribution in [1.29, 1.82) is 0 Å². The van der Waals surface area contributed by atoms with Crippen LogP contribution in [0.2, 0.25) is 0 Å². The van der Waals surface area contributed by atoms with Gasteiger partial charge in [-0.1, -0.05) is 53.9 Å². The van der Waals surface area contributed by atoms with Gasteiger partial charge in [-0.2, -0.15) is 0 Å². The number of amides is 1. The van der Waals surface area contributed by atoms with Crippen LogP contribution in [0.5, 0.6) is 0 Å². The molecule has 0 aromatic rings. The first-order valence-electron chi connectivity index (χ1n) is 8.60. The highest BCUT2D eigenvalue weighted by molar-refractivity contribution is 5.91. The average molecular weight is 311 g/mol. The number of nitrogens with one attached hydrogen (secondary N) is 1. The van der Waals surface area contributed by atoms with Gasteiger partial charge >= 0.3 is 0 Å². The minimum atomic E-state index is -0.193. The lowest BCUT2D eigenvalue weighted by Crippen LogP contribution is -2.32. The molecule has 0 bridgehead atoms. The molecule has 0 aliphatic heterocycles. The molecule has 0 aliphatic rings. The van der Waals surface area contributed by atoms with Crippen LogP contribution < -0.4 is 5.32 Å². The van der Waals surface area contributed by atoms with E-state index in [1.165, 1.54) is 0 Å². The first-order valence-corrected chi connectivity index (χ1v) is 8.60. The van der Waals surface area contributed by atoms with Crippen LogP contribution in [0.4, 0.5) is 0 Å². The van der Waals surface area contributed by atoms with E-state index in [0.29, 0.717) is 6.42 Å². The van der Waals surface area contributed by atoms with Gasteiger partial charge in [0.2, 0.25) is 5.91 Å². The van der Waals surface area contributed by atoms with E-state index in [0.717, 1.165) is 25.7 Å². The third kappa shape index (κ3) is 9.69. The predicted molar refractivity (Wildman–Crippen MR) is 89.6 cm³/mol. The second kappa shape index (κ2) is 11.4. The van der Waals surface area contributed by atoms with Crippen LogP contribution >= 0.6 is 0 Å². The third-order valence-electron chi connectivity index (χ3n) is 3.68. The van der Waals surface area contributed by atoms with Crippen molar-refractivity contribution in [3.63, 3.8) is 0 Å². The molecule has 4 heteroatoms. The summed E-state index contributed by atoms with van der Waals surface area (Å²) in [6.45, 7) is 9.85. The monoisotopic (exact) mass is 311 g/mol. The molecule has 0 radical (unpaired) electrons. The molecular formula is C18H33NO3. The van der Waals surface area contributed by atoms with Gasteiger partial charge in [-0.15, -0.1) is 0 Å². The highest BCUT2D eigenvalue weighted by Gasteiger charge is 2.23. The Hall–Kier alpha value is -1.19. The molecule has 1 atom stereocenters. The Morgan fingerprint density at radius 2 is 1.59 bits per heavy atom. The third-order valence-corrected chi connectivity index (χ3v) is 3.68. The van der Waals surface area contributed by atoms with Crippen LogP contribution in [-0.4, -0.2) is 24.0 Å². The minimum Gasteiger partial charge on any atom is -0.349 e. The Morgan fingerprint density at radius 3 is 2.09 bits per heavy atom. The topological polar surface area (TPSA) is 63.2 Å². The van der Waals surface area contributed by atoms with E-state index in [-0.39, 0.29) is 48.2 Å². The van der Waals surface area contributed by atoms with Gasteiger partial charge in [-0.3, -0.25) is 14.4 Å². The number of Topliss-reactive ketones (excluding diaryl/α,β-unsaturated/α-hetero) is 2. The average Bonchev–Trinajstić information content (AvgIpc) is 2.42. The number of unbranched alkanes of at least 4 members (excludes halogenated alkanes) is 2. The number of ketones is 2. The van der Waals surface area contributed by atoms with Crippen molar-refractivity contribution in [1.82, 2.24) is 5.32 Å². The number of carbonyl (C=O) groups is 3. The van der Waals surface area contributed by atoms with E-state index >= 15 is 0 Å². The summed E-state index contributed by atoms with van der Waals surface area (Å²) in [5.41, 5.74) is 0. The van der Waals surface area contributed by atoms with Crippen LogP contribution in [0, 0.1) is 17.8 Å². The minimum absolute atomic E-state index is 0.0429. The van der Waals surface area contributed by atoms with Crippen molar-refractivity contribution in [2.24, 2.45) is 17.8 Å². The van der Waals surface area contributed by atoms with Crippen molar-refractivity contribution >= 4 is 17.5 Å². The number of hydrogen-bond donors (Lipinski definition) is 1. The summed E-state index contributed by atoms with van der Waals surface area (Å²) in [4.78, 5) is 35.8. The number of carbonyl (C=O) groups excluding carboxylic acids is 3. The Balaban J connectivity index is 4.36. The van der Waals surface area contributed by atoms with E-state index in [1.54, 1.807) is 0 Å². The SMILES string of the molecule is CCCCC[C@H](CC(=O)CNC(=O)CC(C)C)C(=O)C(C)C. The predicted octanol–water partition coefficient (Wildman–Crippen LogP) is 3.53. The summed E-state index contributed by atoms with van der Waals surface area (Å²) in [6.07, 6.45) is 4.62. The van der Waals surface area contributed by atoms with Crippen molar-refractivity contribution in [3.8, 4) is 0 Å². The van der Waals surface area contributed by atoms with Gasteiger partial charge in [-0.25, -0.2) is 0 Å². The highest BCUT2D eigenvalue weighted by atomic mass is 16.2. The van der Waals surface area contributed by atoms with Crippen LogP contribution in [0.1, 0.15) is 73.1 Å². The second-order valence-electron chi connectivity index (χ2n) is 6.87. The Morgan fingerprint density at radius 1 is 0.955 bits per heavy atom. The van der Waals surface area contributed by atoms with Gasteiger partial charge < -0.3 is 5.32 Å². The zero-order valence-electron chi connectivity index (χ0n) is 14.9. The molecule has 0 heterocycles. The van der Waals surface area contributed by atoms with Gasteiger partial charge in [0.05, 0.1) is 6.54 Å². The molecule has 0 rings (SSSR count). The fourth-order valence-electron chi connectivity index (χ4n) is 2.44. The van der Waals surface area contributed by atoms with Crippen molar-refractivity contribution < 1.29 is 14.4 Å². The van der Waals surface area contributed by atoms with E-state index in [9.17, 15) is 14.4 Å². The summed E-state index contributed by atoms with van der Waals surface area (Å²) in [5, 5.41) is 2.65. The molecule has 0 saturated heterocycles. The molecule has 22 heavy (non-hydrogen) atoms. The lowest BCUT2D eigenvalue weighted by molar-refractivity contribution is -0.130. The van der Waals surface area contributed by atoms with E-state index in [1.807, 2.05) is 27.7 Å². The molecule has 0 aromatic heterocycles. The maximum absolute atomic E-state index is 12.2. The first kappa shape index (κ1) is 20.8. The zero-order valence-corrected chi connectivity index (χ0v) is 14.9. The Kier molecular flexibility index (Phi) is 10.8.